The predicted molar refractivity (Wildman–Crippen MR) is 98.3 cm³/mol. The second-order valence-corrected chi connectivity index (χ2v) is 5.67. The van der Waals surface area contributed by atoms with Gasteiger partial charge in [0.25, 0.3) is 5.91 Å². The maximum absolute atomic E-state index is 12.6. The molecule has 26 heavy (non-hydrogen) atoms. The first kappa shape index (κ1) is 17.6. The zero-order valence-electron chi connectivity index (χ0n) is 14.1. The molecule has 3 rings (SSSR count). The first-order chi connectivity index (χ1) is 12.5. The maximum Gasteiger partial charge on any atom is 0.280 e. The number of rotatable bonds is 5. The van der Waals surface area contributed by atoms with Crippen molar-refractivity contribution in [3.63, 3.8) is 0 Å². The first-order valence-electron chi connectivity index (χ1n) is 7.54. The van der Waals surface area contributed by atoms with Crippen molar-refractivity contribution in [2.24, 2.45) is 0 Å². The quantitative estimate of drug-likeness (QED) is 0.712. The molecule has 0 aliphatic heterocycles. The van der Waals surface area contributed by atoms with Crippen molar-refractivity contribution < 1.29 is 14.3 Å². The Morgan fingerprint density at radius 2 is 2.00 bits per heavy atom. The smallest absolute Gasteiger partial charge is 0.280 e. The summed E-state index contributed by atoms with van der Waals surface area (Å²) in [6, 6.07) is 11.9. The number of amides is 1. The summed E-state index contributed by atoms with van der Waals surface area (Å²) in [5.74, 6) is 0.602. The Hall–Kier alpha value is -3.26. The molecule has 0 aliphatic carbocycles. The highest BCUT2D eigenvalue weighted by Crippen LogP contribution is 2.29. The number of nitrogens with zero attached hydrogens (tertiary/aromatic N) is 3. The minimum absolute atomic E-state index is 0.0187. The van der Waals surface area contributed by atoms with Gasteiger partial charge in [-0.05, 0) is 30.3 Å². The van der Waals surface area contributed by atoms with Crippen LogP contribution in [0.2, 0.25) is 5.02 Å². The van der Waals surface area contributed by atoms with Crippen LogP contribution in [0.5, 0.6) is 11.5 Å². The summed E-state index contributed by atoms with van der Waals surface area (Å²) in [7, 11) is 3.03. The molecule has 134 valence electrons. The van der Waals surface area contributed by atoms with Crippen LogP contribution in [0.1, 0.15) is 10.5 Å². The highest BCUT2D eigenvalue weighted by Gasteiger charge is 2.20. The number of benzene rings is 2. The molecule has 3 aromatic rings. The van der Waals surface area contributed by atoms with Crippen molar-refractivity contribution >= 4 is 29.0 Å². The van der Waals surface area contributed by atoms with Crippen molar-refractivity contribution in [1.82, 2.24) is 15.0 Å². The summed E-state index contributed by atoms with van der Waals surface area (Å²) in [6.45, 7) is 0. The molecule has 0 spiro atoms. The van der Waals surface area contributed by atoms with Gasteiger partial charge in [0.2, 0.25) is 0 Å². The van der Waals surface area contributed by atoms with Crippen LogP contribution < -0.4 is 20.5 Å². The van der Waals surface area contributed by atoms with Gasteiger partial charge >= 0.3 is 0 Å². The van der Waals surface area contributed by atoms with Gasteiger partial charge in [0.1, 0.15) is 11.5 Å². The summed E-state index contributed by atoms with van der Waals surface area (Å²) in [4.78, 5) is 12.6. The van der Waals surface area contributed by atoms with Gasteiger partial charge < -0.3 is 20.5 Å². The summed E-state index contributed by atoms with van der Waals surface area (Å²) < 4.78 is 11.7. The van der Waals surface area contributed by atoms with E-state index in [2.05, 4.69) is 15.6 Å². The van der Waals surface area contributed by atoms with Crippen molar-refractivity contribution in [2.45, 2.75) is 0 Å². The number of anilines is 2. The molecule has 3 N–H and O–H groups in total. The lowest BCUT2D eigenvalue weighted by molar-refractivity contribution is 0.102. The number of methoxy groups -OCH3 is 2. The zero-order valence-corrected chi connectivity index (χ0v) is 14.8. The molecular weight excluding hydrogens is 358 g/mol. The van der Waals surface area contributed by atoms with Gasteiger partial charge in [0.05, 0.1) is 25.6 Å². The van der Waals surface area contributed by atoms with Crippen molar-refractivity contribution in [2.75, 3.05) is 25.3 Å². The predicted octanol–water partition coefficient (Wildman–Crippen LogP) is 2.77. The molecule has 1 aromatic heterocycles. The third-order valence-corrected chi connectivity index (χ3v) is 3.86. The number of ether oxygens (including phenoxy) is 2. The van der Waals surface area contributed by atoms with E-state index >= 15 is 0 Å². The molecule has 0 saturated carbocycles. The first-order valence-corrected chi connectivity index (χ1v) is 7.91. The number of halogens is 1. The monoisotopic (exact) mass is 373 g/mol. The number of hydrogen-bond acceptors (Lipinski definition) is 6. The molecule has 0 unspecified atom stereocenters. The molecule has 0 radical (unpaired) electrons. The van der Waals surface area contributed by atoms with E-state index < -0.39 is 5.91 Å². The van der Waals surface area contributed by atoms with Gasteiger partial charge in [-0.3, -0.25) is 4.79 Å². The van der Waals surface area contributed by atoms with E-state index in [4.69, 9.17) is 26.8 Å². The SMILES string of the molecule is COc1ccc(OC)c(NC(=O)c2nnn(-c3cccc(Cl)c3)c2N)c1. The van der Waals surface area contributed by atoms with E-state index in [0.29, 0.717) is 27.9 Å². The third-order valence-electron chi connectivity index (χ3n) is 3.63. The number of hydrogen-bond donors (Lipinski definition) is 2. The largest absolute Gasteiger partial charge is 0.497 e. The molecule has 0 fully saturated rings. The summed E-state index contributed by atoms with van der Waals surface area (Å²) in [5.41, 5.74) is 7.05. The van der Waals surface area contributed by atoms with Crippen LogP contribution in [-0.2, 0) is 0 Å². The lowest BCUT2D eigenvalue weighted by Crippen LogP contribution is -2.15. The number of nitrogens with two attached hydrogens (primary N) is 1. The molecule has 0 saturated heterocycles. The fourth-order valence-corrected chi connectivity index (χ4v) is 2.53. The van der Waals surface area contributed by atoms with Gasteiger partial charge in [0, 0.05) is 11.1 Å². The van der Waals surface area contributed by atoms with Crippen molar-refractivity contribution in [3.05, 3.63) is 53.2 Å². The van der Waals surface area contributed by atoms with Crippen LogP contribution in [0.15, 0.2) is 42.5 Å². The zero-order chi connectivity index (χ0) is 18.7. The topological polar surface area (TPSA) is 104 Å². The number of nitrogen functional groups attached to an aromatic ring is 1. The van der Waals surface area contributed by atoms with Crippen LogP contribution in [0, 0.1) is 0 Å². The van der Waals surface area contributed by atoms with Gasteiger partial charge in [-0.1, -0.05) is 22.9 Å². The van der Waals surface area contributed by atoms with Crippen LogP contribution in [-0.4, -0.2) is 35.1 Å². The summed E-state index contributed by atoms with van der Waals surface area (Å²) >= 11 is 5.98. The number of carbonyl (C=O) groups excluding carboxylic acids is 1. The molecule has 1 amide bonds. The van der Waals surface area contributed by atoms with Crippen LogP contribution >= 0.6 is 11.6 Å². The van der Waals surface area contributed by atoms with E-state index in [1.54, 1.807) is 42.5 Å². The fourth-order valence-electron chi connectivity index (χ4n) is 2.34. The van der Waals surface area contributed by atoms with E-state index in [9.17, 15) is 4.79 Å². The minimum atomic E-state index is -0.526. The Morgan fingerprint density at radius 3 is 2.69 bits per heavy atom. The Kier molecular flexibility index (Phi) is 4.94. The second-order valence-electron chi connectivity index (χ2n) is 5.24. The third kappa shape index (κ3) is 3.40. The van der Waals surface area contributed by atoms with Gasteiger partial charge in [-0.2, -0.15) is 4.68 Å². The fraction of sp³-hybridized carbons (Fsp3) is 0.118. The Labute approximate surface area is 154 Å². The second kappa shape index (κ2) is 7.32. The Balaban J connectivity index is 1.90. The average molecular weight is 374 g/mol. The number of aromatic nitrogens is 3. The standard InChI is InChI=1S/C17H16ClN5O3/c1-25-12-6-7-14(26-2)13(9-12)20-17(24)15-16(19)23(22-21-15)11-5-3-4-10(18)8-11/h3-9H,19H2,1-2H3,(H,20,24). The lowest BCUT2D eigenvalue weighted by atomic mass is 10.2. The van der Waals surface area contributed by atoms with E-state index in [0.717, 1.165) is 0 Å². The Bertz CT molecular complexity index is 957. The molecule has 0 aliphatic rings. The molecule has 2 aromatic carbocycles. The molecule has 8 nitrogen and oxygen atoms in total. The molecule has 0 bridgehead atoms. The van der Waals surface area contributed by atoms with Crippen LogP contribution in [0.3, 0.4) is 0 Å². The van der Waals surface area contributed by atoms with E-state index in [-0.39, 0.29) is 11.5 Å². The highest BCUT2D eigenvalue weighted by molar-refractivity contribution is 6.30. The molecule has 0 atom stereocenters. The number of carbonyl (C=O) groups is 1. The average Bonchev–Trinajstić information content (AvgIpc) is 3.03. The van der Waals surface area contributed by atoms with Crippen LogP contribution in [0.4, 0.5) is 11.5 Å². The lowest BCUT2D eigenvalue weighted by Gasteiger charge is -2.11. The van der Waals surface area contributed by atoms with E-state index in [1.807, 2.05) is 0 Å². The Morgan fingerprint density at radius 1 is 1.19 bits per heavy atom. The van der Waals surface area contributed by atoms with Crippen molar-refractivity contribution in [1.29, 1.82) is 0 Å². The summed E-state index contributed by atoms with van der Waals surface area (Å²) in [6.07, 6.45) is 0. The summed E-state index contributed by atoms with van der Waals surface area (Å²) in [5, 5.41) is 11.0. The highest BCUT2D eigenvalue weighted by atomic mass is 35.5. The molecule has 9 heteroatoms. The van der Waals surface area contributed by atoms with Gasteiger partial charge in [-0.25, -0.2) is 0 Å². The van der Waals surface area contributed by atoms with Gasteiger partial charge in [0.15, 0.2) is 11.5 Å². The number of nitrogens with one attached hydrogen (secondary N) is 1. The van der Waals surface area contributed by atoms with Crippen molar-refractivity contribution in [3.8, 4) is 17.2 Å². The normalized spacial score (nSPS) is 10.4. The maximum atomic E-state index is 12.6. The molecule has 1 heterocycles. The minimum Gasteiger partial charge on any atom is -0.497 e. The molecular formula is C17H16ClN5O3. The van der Waals surface area contributed by atoms with E-state index in [1.165, 1.54) is 18.9 Å². The van der Waals surface area contributed by atoms with Crippen LogP contribution in [0.25, 0.3) is 5.69 Å². The van der Waals surface area contributed by atoms with Gasteiger partial charge in [-0.15, -0.1) is 5.10 Å².